The molecule has 1 aromatic rings. The largest absolute Gasteiger partial charge is 0.496 e. The average Bonchev–Trinajstić information content (AvgIpc) is 2.04. The Morgan fingerprint density at radius 1 is 1.42 bits per heavy atom. The van der Waals surface area contributed by atoms with Crippen molar-refractivity contribution in [2.75, 3.05) is 7.11 Å². The summed E-state index contributed by atoms with van der Waals surface area (Å²) in [6.07, 6.45) is 0. The minimum atomic E-state index is 0.0276. The maximum absolute atomic E-state index is 5.78. The Bertz CT molecular complexity index is 269. The Morgan fingerprint density at radius 2 is 2.08 bits per heavy atom. The summed E-state index contributed by atoms with van der Waals surface area (Å²) in [5.41, 5.74) is 8.06. The van der Waals surface area contributed by atoms with Crippen molar-refractivity contribution < 1.29 is 4.74 Å². The Labute approximate surface area is 73.3 Å². The third kappa shape index (κ3) is 1.77. The summed E-state index contributed by atoms with van der Waals surface area (Å²) in [6, 6.07) is 6.06. The molecule has 0 aliphatic heterocycles. The Kier molecular flexibility index (Phi) is 2.71. The van der Waals surface area contributed by atoms with Crippen molar-refractivity contribution in [3.8, 4) is 5.75 Å². The van der Waals surface area contributed by atoms with Crippen LogP contribution in [0, 0.1) is 6.92 Å². The minimum Gasteiger partial charge on any atom is -0.496 e. The molecule has 0 bridgehead atoms. The lowest BCUT2D eigenvalue weighted by Gasteiger charge is -2.11. The normalized spacial score (nSPS) is 12.7. The van der Waals surface area contributed by atoms with E-state index in [9.17, 15) is 0 Å². The zero-order chi connectivity index (χ0) is 9.14. The molecule has 1 unspecified atom stereocenters. The van der Waals surface area contributed by atoms with Crippen LogP contribution >= 0.6 is 0 Å². The molecular weight excluding hydrogens is 150 g/mol. The molecule has 0 fully saturated rings. The van der Waals surface area contributed by atoms with E-state index >= 15 is 0 Å². The van der Waals surface area contributed by atoms with E-state index in [4.69, 9.17) is 10.5 Å². The molecule has 66 valence electrons. The van der Waals surface area contributed by atoms with E-state index in [1.54, 1.807) is 7.11 Å². The van der Waals surface area contributed by atoms with Gasteiger partial charge in [0.05, 0.1) is 7.11 Å². The van der Waals surface area contributed by atoms with Crippen molar-refractivity contribution in [1.29, 1.82) is 0 Å². The van der Waals surface area contributed by atoms with Crippen LogP contribution in [0.5, 0.6) is 5.75 Å². The van der Waals surface area contributed by atoms with Gasteiger partial charge >= 0.3 is 0 Å². The molecule has 0 aliphatic carbocycles. The summed E-state index contributed by atoms with van der Waals surface area (Å²) in [7, 11) is 1.66. The van der Waals surface area contributed by atoms with Gasteiger partial charge in [-0.2, -0.15) is 0 Å². The maximum atomic E-state index is 5.78. The molecule has 2 nitrogen and oxygen atoms in total. The third-order valence-corrected chi connectivity index (χ3v) is 1.88. The van der Waals surface area contributed by atoms with Crippen molar-refractivity contribution in [1.82, 2.24) is 0 Å². The van der Waals surface area contributed by atoms with E-state index in [1.165, 1.54) is 5.56 Å². The number of benzene rings is 1. The van der Waals surface area contributed by atoms with Gasteiger partial charge in [0.15, 0.2) is 0 Å². The van der Waals surface area contributed by atoms with Crippen LogP contribution in [0.15, 0.2) is 18.2 Å². The Hall–Kier alpha value is -1.02. The van der Waals surface area contributed by atoms with Crippen LogP contribution in [0.2, 0.25) is 0 Å². The van der Waals surface area contributed by atoms with E-state index in [0.717, 1.165) is 11.3 Å². The van der Waals surface area contributed by atoms with E-state index in [2.05, 4.69) is 6.07 Å². The van der Waals surface area contributed by atoms with Gasteiger partial charge in [0, 0.05) is 11.6 Å². The molecular formula is C10H15NO. The van der Waals surface area contributed by atoms with Crippen molar-refractivity contribution in [3.05, 3.63) is 29.3 Å². The molecule has 0 saturated carbocycles. The van der Waals surface area contributed by atoms with Gasteiger partial charge in [0.1, 0.15) is 5.75 Å². The third-order valence-electron chi connectivity index (χ3n) is 1.88. The molecule has 2 heteroatoms. The molecule has 1 atom stereocenters. The summed E-state index contributed by atoms with van der Waals surface area (Å²) in [5, 5.41) is 0. The Morgan fingerprint density at radius 3 is 2.58 bits per heavy atom. The summed E-state index contributed by atoms with van der Waals surface area (Å²) < 4.78 is 5.18. The van der Waals surface area contributed by atoms with Crippen molar-refractivity contribution >= 4 is 0 Å². The highest BCUT2D eigenvalue weighted by Crippen LogP contribution is 2.24. The average molecular weight is 165 g/mol. The molecule has 0 aromatic heterocycles. The van der Waals surface area contributed by atoms with Gasteiger partial charge in [-0.05, 0) is 19.9 Å². The first kappa shape index (κ1) is 9.07. The van der Waals surface area contributed by atoms with Gasteiger partial charge in [-0.3, -0.25) is 0 Å². The molecule has 12 heavy (non-hydrogen) atoms. The summed E-state index contributed by atoms with van der Waals surface area (Å²) in [6.45, 7) is 4.00. The molecule has 0 spiro atoms. The lowest BCUT2D eigenvalue weighted by Crippen LogP contribution is -2.07. The number of hydrogen-bond donors (Lipinski definition) is 1. The van der Waals surface area contributed by atoms with Crippen LogP contribution < -0.4 is 10.5 Å². The molecule has 2 N–H and O–H groups in total. The molecule has 0 aliphatic rings. The van der Waals surface area contributed by atoms with Crippen molar-refractivity contribution in [2.45, 2.75) is 19.9 Å². The first-order chi connectivity index (χ1) is 5.65. The van der Waals surface area contributed by atoms with Crippen LogP contribution in [0.25, 0.3) is 0 Å². The first-order valence-corrected chi connectivity index (χ1v) is 4.05. The van der Waals surface area contributed by atoms with Gasteiger partial charge < -0.3 is 10.5 Å². The molecule has 0 saturated heterocycles. The molecule has 0 heterocycles. The minimum absolute atomic E-state index is 0.0276. The lowest BCUT2D eigenvalue weighted by atomic mass is 10.1. The molecule has 0 radical (unpaired) electrons. The summed E-state index contributed by atoms with van der Waals surface area (Å²) in [4.78, 5) is 0. The van der Waals surface area contributed by atoms with E-state index < -0.39 is 0 Å². The second kappa shape index (κ2) is 3.59. The predicted molar refractivity (Wildman–Crippen MR) is 50.3 cm³/mol. The zero-order valence-corrected chi connectivity index (χ0v) is 7.79. The van der Waals surface area contributed by atoms with E-state index in [0.29, 0.717) is 0 Å². The van der Waals surface area contributed by atoms with Crippen LogP contribution in [-0.2, 0) is 0 Å². The number of rotatable bonds is 2. The Balaban J connectivity index is 3.12. The number of hydrogen-bond acceptors (Lipinski definition) is 2. The highest BCUT2D eigenvalue weighted by Gasteiger charge is 2.06. The van der Waals surface area contributed by atoms with Gasteiger partial charge in [-0.15, -0.1) is 0 Å². The number of methoxy groups -OCH3 is 1. The van der Waals surface area contributed by atoms with Gasteiger partial charge in [0.25, 0.3) is 0 Å². The van der Waals surface area contributed by atoms with Gasteiger partial charge in [0.2, 0.25) is 0 Å². The molecule has 0 amide bonds. The quantitative estimate of drug-likeness (QED) is 0.727. The summed E-state index contributed by atoms with van der Waals surface area (Å²) in [5.74, 6) is 0.871. The number of nitrogens with two attached hydrogens (primary N) is 1. The number of aryl methyl sites for hydroxylation is 1. The topological polar surface area (TPSA) is 35.2 Å². The fraction of sp³-hybridized carbons (Fsp3) is 0.400. The van der Waals surface area contributed by atoms with Crippen LogP contribution in [-0.4, -0.2) is 7.11 Å². The van der Waals surface area contributed by atoms with Gasteiger partial charge in [-0.1, -0.05) is 17.7 Å². The molecule has 1 aromatic carbocycles. The highest BCUT2D eigenvalue weighted by atomic mass is 16.5. The monoisotopic (exact) mass is 165 g/mol. The fourth-order valence-electron chi connectivity index (χ4n) is 1.21. The number of ether oxygens (including phenoxy) is 1. The second-order valence-corrected chi connectivity index (χ2v) is 3.03. The van der Waals surface area contributed by atoms with Crippen LogP contribution in [0.3, 0.4) is 0 Å². The first-order valence-electron chi connectivity index (χ1n) is 4.05. The highest BCUT2D eigenvalue weighted by molar-refractivity contribution is 5.38. The predicted octanol–water partition coefficient (Wildman–Crippen LogP) is 2.02. The maximum Gasteiger partial charge on any atom is 0.123 e. The SMILES string of the molecule is COc1ccc(C)cc1C(C)N. The van der Waals surface area contributed by atoms with Crippen molar-refractivity contribution in [2.24, 2.45) is 5.73 Å². The van der Waals surface area contributed by atoms with E-state index in [-0.39, 0.29) is 6.04 Å². The summed E-state index contributed by atoms with van der Waals surface area (Å²) >= 11 is 0. The van der Waals surface area contributed by atoms with E-state index in [1.807, 2.05) is 26.0 Å². The fourth-order valence-corrected chi connectivity index (χ4v) is 1.21. The molecule has 1 rings (SSSR count). The van der Waals surface area contributed by atoms with Crippen LogP contribution in [0.1, 0.15) is 24.1 Å². The van der Waals surface area contributed by atoms with Crippen LogP contribution in [0.4, 0.5) is 0 Å². The van der Waals surface area contributed by atoms with Gasteiger partial charge in [-0.25, -0.2) is 0 Å². The lowest BCUT2D eigenvalue weighted by molar-refractivity contribution is 0.407. The smallest absolute Gasteiger partial charge is 0.123 e. The standard InChI is InChI=1S/C10H15NO/c1-7-4-5-10(12-3)9(6-7)8(2)11/h4-6,8H,11H2,1-3H3. The zero-order valence-electron chi connectivity index (χ0n) is 7.79. The van der Waals surface area contributed by atoms with Crippen molar-refractivity contribution in [3.63, 3.8) is 0 Å². The second-order valence-electron chi connectivity index (χ2n) is 3.03.